The van der Waals surface area contributed by atoms with Crippen LogP contribution in [0, 0.1) is 0 Å². The van der Waals surface area contributed by atoms with E-state index >= 15 is 0 Å². The van der Waals surface area contributed by atoms with Crippen molar-refractivity contribution in [3.05, 3.63) is 78.9 Å². The number of benzene rings is 3. The molecule has 0 atom stereocenters. The minimum absolute atomic E-state index is 0.490. The van der Waals surface area contributed by atoms with E-state index in [4.69, 9.17) is 15.2 Å². The van der Waals surface area contributed by atoms with Gasteiger partial charge in [-0.2, -0.15) is 0 Å². The Hall–Kier alpha value is -2.94. The average molecular weight is 305 g/mol. The molecule has 0 unspecified atom stereocenters. The monoisotopic (exact) mass is 305 g/mol. The van der Waals surface area contributed by atoms with Gasteiger partial charge < -0.3 is 15.2 Å². The molecule has 0 aromatic heterocycles. The standard InChI is InChI=1S/C20H19NO2/c21-18-8-12-20(13-9-18)23-15-14-22-19-10-6-17(7-11-19)16-4-2-1-3-5-16/h1-13H,14-15,21H2. The molecule has 3 nitrogen and oxygen atoms in total. The van der Waals surface area contributed by atoms with Crippen LogP contribution in [0.3, 0.4) is 0 Å². The molecule has 0 saturated heterocycles. The first-order chi connectivity index (χ1) is 11.3. The lowest BCUT2D eigenvalue weighted by Gasteiger charge is -2.09. The van der Waals surface area contributed by atoms with Crippen molar-refractivity contribution in [1.29, 1.82) is 0 Å². The van der Waals surface area contributed by atoms with Gasteiger partial charge in [0.05, 0.1) is 0 Å². The lowest BCUT2D eigenvalue weighted by molar-refractivity contribution is 0.217. The maximum atomic E-state index is 5.69. The van der Waals surface area contributed by atoms with Crippen LogP contribution in [0.25, 0.3) is 11.1 Å². The van der Waals surface area contributed by atoms with Crippen molar-refractivity contribution in [2.75, 3.05) is 18.9 Å². The van der Waals surface area contributed by atoms with Crippen LogP contribution in [-0.4, -0.2) is 13.2 Å². The van der Waals surface area contributed by atoms with Crippen LogP contribution >= 0.6 is 0 Å². The van der Waals surface area contributed by atoms with E-state index in [2.05, 4.69) is 24.3 Å². The number of rotatable bonds is 6. The van der Waals surface area contributed by atoms with E-state index in [1.54, 1.807) is 0 Å². The van der Waals surface area contributed by atoms with E-state index in [1.165, 1.54) is 11.1 Å². The molecule has 2 N–H and O–H groups in total. The highest BCUT2D eigenvalue weighted by atomic mass is 16.5. The fourth-order valence-corrected chi connectivity index (χ4v) is 2.26. The molecule has 3 heteroatoms. The SMILES string of the molecule is Nc1ccc(OCCOc2ccc(-c3ccccc3)cc2)cc1. The van der Waals surface area contributed by atoms with Crippen LogP contribution in [0.15, 0.2) is 78.9 Å². The minimum Gasteiger partial charge on any atom is -0.490 e. The normalized spacial score (nSPS) is 10.3. The van der Waals surface area contributed by atoms with Gasteiger partial charge in [0.2, 0.25) is 0 Å². The molecule has 3 rings (SSSR count). The fourth-order valence-electron chi connectivity index (χ4n) is 2.26. The Morgan fingerprint density at radius 3 is 1.61 bits per heavy atom. The van der Waals surface area contributed by atoms with Crippen molar-refractivity contribution in [3.8, 4) is 22.6 Å². The Balaban J connectivity index is 1.48. The third kappa shape index (κ3) is 4.27. The van der Waals surface area contributed by atoms with Gasteiger partial charge in [-0.05, 0) is 47.5 Å². The van der Waals surface area contributed by atoms with Crippen LogP contribution in [0.5, 0.6) is 11.5 Å². The van der Waals surface area contributed by atoms with Crippen molar-refractivity contribution >= 4 is 5.69 Å². The van der Waals surface area contributed by atoms with E-state index in [9.17, 15) is 0 Å². The molecular weight excluding hydrogens is 286 g/mol. The van der Waals surface area contributed by atoms with Gasteiger partial charge in [0.25, 0.3) is 0 Å². The Morgan fingerprint density at radius 1 is 0.565 bits per heavy atom. The van der Waals surface area contributed by atoms with Crippen LogP contribution in [0.2, 0.25) is 0 Å². The second-order valence-electron chi connectivity index (χ2n) is 5.16. The lowest BCUT2D eigenvalue weighted by Crippen LogP contribution is -2.08. The molecule has 0 aliphatic rings. The van der Waals surface area contributed by atoms with Gasteiger partial charge in [-0.3, -0.25) is 0 Å². The molecule has 0 radical (unpaired) electrons. The van der Waals surface area contributed by atoms with Gasteiger partial charge in [-0.1, -0.05) is 42.5 Å². The van der Waals surface area contributed by atoms with Crippen LogP contribution in [0.4, 0.5) is 5.69 Å². The van der Waals surface area contributed by atoms with Gasteiger partial charge >= 0.3 is 0 Å². The summed E-state index contributed by atoms with van der Waals surface area (Å²) in [7, 11) is 0. The van der Waals surface area contributed by atoms with E-state index in [-0.39, 0.29) is 0 Å². The first-order valence-corrected chi connectivity index (χ1v) is 7.58. The molecule has 0 amide bonds. The summed E-state index contributed by atoms with van der Waals surface area (Å²) in [5.41, 5.74) is 8.74. The summed E-state index contributed by atoms with van der Waals surface area (Å²) in [6.45, 7) is 0.986. The van der Waals surface area contributed by atoms with Gasteiger partial charge in [-0.25, -0.2) is 0 Å². The molecule has 0 heterocycles. The summed E-state index contributed by atoms with van der Waals surface area (Å²) >= 11 is 0. The van der Waals surface area contributed by atoms with Crippen LogP contribution in [0.1, 0.15) is 0 Å². The summed E-state index contributed by atoms with van der Waals surface area (Å²) in [6.07, 6.45) is 0. The zero-order valence-corrected chi connectivity index (χ0v) is 12.8. The first kappa shape index (κ1) is 15.0. The molecular formula is C20H19NO2. The van der Waals surface area contributed by atoms with Gasteiger partial charge in [-0.15, -0.1) is 0 Å². The molecule has 0 spiro atoms. The van der Waals surface area contributed by atoms with Gasteiger partial charge in [0, 0.05) is 5.69 Å². The largest absolute Gasteiger partial charge is 0.490 e. The van der Waals surface area contributed by atoms with Crippen molar-refractivity contribution in [2.45, 2.75) is 0 Å². The number of nitrogen functional groups attached to an aromatic ring is 1. The van der Waals surface area contributed by atoms with Crippen molar-refractivity contribution < 1.29 is 9.47 Å². The molecule has 3 aromatic carbocycles. The van der Waals surface area contributed by atoms with Crippen molar-refractivity contribution in [1.82, 2.24) is 0 Å². The predicted molar refractivity (Wildman–Crippen MR) is 93.7 cm³/mol. The van der Waals surface area contributed by atoms with E-state index in [0.717, 1.165) is 17.2 Å². The Kier molecular flexibility index (Phi) is 4.79. The summed E-state index contributed by atoms with van der Waals surface area (Å²) in [4.78, 5) is 0. The molecule has 0 bridgehead atoms. The second-order valence-corrected chi connectivity index (χ2v) is 5.16. The summed E-state index contributed by atoms with van der Waals surface area (Å²) < 4.78 is 11.3. The molecule has 0 aliphatic heterocycles. The quantitative estimate of drug-likeness (QED) is 0.542. The molecule has 116 valence electrons. The van der Waals surface area contributed by atoms with Gasteiger partial charge in [0.1, 0.15) is 24.7 Å². The smallest absolute Gasteiger partial charge is 0.122 e. The highest BCUT2D eigenvalue weighted by molar-refractivity contribution is 5.63. The highest BCUT2D eigenvalue weighted by Gasteiger charge is 1.99. The molecule has 0 fully saturated rings. The fraction of sp³-hybridized carbons (Fsp3) is 0.100. The van der Waals surface area contributed by atoms with E-state index in [0.29, 0.717) is 13.2 Å². The number of hydrogen-bond donors (Lipinski definition) is 1. The average Bonchev–Trinajstić information content (AvgIpc) is 2.62. The third-order valence-corrected chi connectivity index (χ3v) is 3.46. The lowest BCUT2D eigenvalue weighted by atomic mass is 10.1. The molecule has 23 heavy (non-hydrogen) atoms. The Morgan fingerprint density at radius 2 is 1.04 bits per heavy atom. The number of nitrogens with two attached hydrogens (primary N) is 1. The topological polar surface area (TPSA) is 44.5 Å². The van der Waals surface area contributed by atoms with Crippen LogP contribution < -0.4 is 15.2 Å². The number of anilines is 1. The van der Waals surface area contributed by atoms with E-state index < -0.39 is 0 Å². The zero-order valence-electron chi connectivity index (χ0n) is 12.8. The Labute approximate surface area is 136 Å². The number of hydrogen-bond acceptors (Lipinski definition) is 3. The zero-order chi connectivity index (χ0) is 15.9. The first-order valence-electron chi connectivity index (χ1n) is 7.58. The molecule has 3 aromatic rings. The summed E-state index contributed by atoms with van der Waals surface area (Å²) in [5.74, 6) is 1.63. The minimum atomic E-state index is 0.490. The van der Waals surface area contributed by atoms with Crippen LogP contribution in [-0.2, 0) is 0 Å². The number of ether oxygens (including phenoxy) is 2. The molecule has 0 saturated carbocycles. The maximum Gasteiger partial charge on any atom is 0.122 e. The van der Waals surface area contributed by atoms with Crippen molar-refractivity contribution in [2.24, 2.45) is 0 Å². The second kappa shape index (κ2) is 7.36. The highest BCUT2D eigenvalue weighted by Crippen LogP contribution is 2.22. The van der Waals surface area contributed by atoms with Gasteiger partial charge in [0.15, 0.2) is 0 Å². The Bertz CT molecular complexity index is 722. The summed E-state index contributed by atoms with van der Waals surface area (Å²) in [6, 6.07) is 25.7. The third-order valence-electron chi connectivity index (χ3n) is 3.46. The predicted octanol–water partition coefficient (Wildman–Crippen LogP) is 4.39. The van der Waals surface area contributed by atoms with E-state index in [1.807, 2.05) is 54.6 Å². The van der Waals surface area contributed by atoms with Crippen molar-refractivity contribution in [3.63, 3.8) is 0 Å². The summed E-state index contributed by atoms with van der Waals surface area (Å²) in [5, 5.41) is 0. The molecule has 0 aliphatic carbocycles. The maximum absolute atomic E-state index is 5.69.